The molecule has 4 rings (SSSR count). The van der Waals surface area contributed by atoms with Gasteiger partial charge in [0.05, 0.1) is 31.5 Å². The second-order valence-electron chi connectivity index (χ2n) is 8.58. The summed E-state index contributed by atoms with van der Waals surface area (Å²) in [5.41, 5.74) is 0.722. The van der Waals surface area contributed by atoms with Crippen molar-refractivity contribution in [3.05, 3.63) is 53.1 Å². The molecule has 0 saturated carbocycles. The molecule has 12 heteroatoms. The number of fused-ring (bicyclic) bond motifs is 1. The second-order valence-corrected chi connectivity index (χ2v) is 12.1. The van der Waals surface area contributed by atoms with Crippen molar-refractivity contribution >= 4 is 60.1 Å². The fourth-order valence-electron chi connectivity index (χ4n) is 4.09. The highest BCUT2D eigenvalue weighted by Gasteiger charge is 2.24. The maximum atomic E-state index is 13.0. The van der Waals surface area contributed by atoms with Gasteiger partial charge in [-0.25, -0.2) is 18.2 Å². The fraction of sp³-hybridized carbons (Fsp3) is 0.348. The third kappa shape index (κ3) is 6.36. The van der Waals surface area contributed by atoms with Gasteiger partial charge in [-0.2, -0.15) is 0 Å². The second kappa shape index (κ2) is 10.6. The Kier molecular flexibility index (Phi) is 7.72. The minimum absolute atomic E-state index is 0.0222. The number of imide groups is 1. The number of urea groups is 1. The maximum absolute atomic E-state index is 13.0. The van der Waals surface area contributed by atoms with E-state index >= 15 is 0 Å². The lowest BCUT2D eigenvalue weighted by Gasteiger charge is -2.36. The van der Waals surface area contributed by atoms with E-state index in [1.54, 1.807) is 30.3 Å². The molecule has 35 heavy (non-hydrogen) atoms. The van der Waals surface area contributed by atoms with Crippen molar-refractivity contribution in [3.8, 4) is 0 Å². The zero-order chi connectivity index (χ0) is 25.2. The van der Waals surface area contributed by atoms with Crippen molar-refractivity contribution in [1.82, 2.24) is 20.5 Å². The van der Waals surface area contributed by atoms with Crippen LogP contribution in [0.1, 0.15) is 24.2 Å². The monoisotopic (exact) mass is 535 g/mol. The number of carbonyl (C=O) groups excluding carboxylic acids is 2. The molecule has 186 valence electrons. The minimum Gasteiger partial charge on any atom is -0.309 e. The molecule has 3 aromatic rings. The van der Waals surface area contributed by atoms with Crippen molar-refractivity contribution in [2.75, 3.05) is 30.7 Å². The molecular formula is C23H26ClN5O4S2. The summed E-state index contributed by atoms with van der Waals surface area (Å²) in [6.07, 6.45) is 0. The summed E-state index contributed by atoms with van der Waals surface area (Å²) in [5, 5.41) is 8.63. The predicted octanol–water partition coefficient (Wildman–Crippen LogP) is 3.37. The van der Waals surface area contributed by atoms with Gasteiger partial charge in [0.1, 0.15) is 0 Å². The van der Waals surface area contributed by atoms with Crippen LogP contribution >= 0.6 is 22.9 Å². The van der Waals surface area contributed by atoms with Crippen LogP contribution in [-0.4, -0.2) is 67.7 Å². The predicted molar refractivity (Wildman–Crippen MR) is 138 cm³/mol. The van der Waals surface area contributed by atoms with Gasteiger partial charge in [-0.15, -0.1) is 0 Å². The van der Waals surface area contributed by atoms with Crippen LogP contribution in [0.5, 0.6) is 0 Å². The van der Waals surface area contributed by atoms with Gasteiger partial charge < -0.3 is 5.32 Å². The molecule has 2 unspecified atom stereocenters. The number of nitrogens with zero attached hydrogens (tertiary/aromatic N) is 2. The molecule has 3 amide bonds. The average molecular weight is 536 g/mol. The largest absolute Gasteiger partial charge is 0.327 e. The number of hydrogen-bond acceptors (Lipinski definition) is 8. The first kappa shape index (κ1) is 25.5. The molecule has 3 N–H and O–H groups in total. The molecule has 1 saturated heterocycles. The van der Waals surface area contributed by atoms with E-state index < -0.39 is 21.8 Å². The summed E-state index contributed by atoms with van der Waals surface area (Å²) < 4.78 is 26.5. The number of amides is 3. The third-order valence-electron chi connectivity index (χ3n) is 5.59. The Morgan fingerprint density at radius 3 is 2.60 bits per heavy atom. The van der Waals surface area contributed by atoms with Crippen LogP contribution in [0.25, 0.3) is 10.2 Å². The Bertz CT molecular complexity index is 1350. The van der Waals surface area contributed by atoms with Crippen molar-refractivity contribution in [2.24, 2.45) is 0 Å². The van der Waals surface area contributed by atoms with Gasteiger partial charge in [0.15, 0.2) is 15.0 Å². The average Bonchev–Trinajstić information content (AvgIpc) is 3.18. The van der Waals surface area contributed by atoms with E-state index in [1.807, 2.05) is 0 Å². The molecule has 2 heterocycles. The quantitative estimate of drug-likeness (QED) is 0.442. The lowest BCUT2D eigenvalue weighted by atomic mass is 10.1. The molecule has 1 aliphatic rings. The van der Waals surface area contributed by atoms with Crippen molar-refractivity contribution < 1.29 is 18.0 Å². The first-order chi connectivity index (χ1) is 16.6. The lowest BCUT2D eigenvalue weighted by Crippen LogP contribution is -2.54. The van der Waals surface area contributed by atoms with Gasteiger partial charge in [-0.3, -0.25) is 20.3 Å². The molecule has 0 radical (unpaired) electrons. The highest BCUT2D eigenvalue weighted by molar-refractivity contribution is 7.91. The Morgan fingerprint density at radius 1 is 1.17 bits per heavy atom. The van der Waals surface area contributed by atoms with Crippen LogP contribution in [0, 0.1) is 0 Å². The first-order valence-corrected chi connectivity index (χ1v) is 13.9. The van der Waals surface area contributed by atoms with E-state index in [0.717, 1.165) is 24.4 Å². The van der Waals surface area contributed by atoms with E-state index in [4.69, 9.17) is 11.6 Å². The molecule has 2 atom stereocenters. The highest BCUT2D eigenvalue weighted by atomic mass is 35.5. The third-order valence-corrected chi connectivity index (χ3v) is 8.55. The van der Waals surface area contributed by atoms with Crippen LogP contribution in [0.4, 0.5) is 9.93 Å². The zero-order valence-corrected chi connectivity index (χ0v) is 21.6. The highest BCUT2D eigenvalue weighted by Crippen LogP contribution is 2.28. The summed E-state index contributed by atoms with van der Waals surface area (Å²) in [5.74, 6) is -0.620. The normalized spacial score (nSPS) is 18.9. The van der Waals surface area contributed by atoms with E-state index in [2.05, 4.69) is 39.7 Å². The Labute approximate surface area is 212 Å². The summed E-state index contributed by atoms with van der Waals surface area (Å²) in [6, 6.07) is 11.0. The molecule has 0 spiro atoms. The van der Waals surface area contributed by atoms with E-state index in [-0.39, 0.29) is 26.4 Å². The number of benzene rings is 2. The molecule has 9 nitrogen and oxygen atoms in total. The van der Waals surface area contributed by atoms with Gasteiger partial charge in [-0.1, -0.05) is 35.1 Å². The van der Waals surface area contributed by atoms with Crippen LogP contribution in [0.15, 0.2) is 47.4 Å². The molecule has 0 bridgehead atoms. The number of nitrogens with one attached hydrogen (secondary N) is 3. The molecule has 2 aromatic carbocycles. The van der Waals surface area contributed by atoms with Crippen molar-refractivity contribution in [3.63, 3.8) is 0 Å². The van der Waals surface area contributed by atoms with Crippen LogP contribution in [0.3, 0.4) is 0 Å². The number of carbonyl (C=O) groups is 2. The Hall–Kier alpha value is -2.57. The summed E-state index contributed by atoms with van der Waals surface area (Å²) in [4.78, 5) is 31.2. The summed E-state index contributed by atoms with van der Waals surface area (Å²) in [6.45, 7) is 6.26. The first-order valence-electron chi connectivity index (χ1n) is 11.1. The number of hydrogen-bond donors (Lipinski definition) is 3. The van der Waals surface area contributed by atoms with Crippen molar-refractivity contribution in [2.45, 2.75) is 30.8 Å². The van der Waals surface area contributed by atoms with Crippen LogP contribution in [0.2, 0.25) is 5.02 Å². The van der Waals surface area contributed by atoms with Gasteiger partial charge in [0.2, 0.25) is 0 Å². The van der Waals surface area contributed by atoms with E-state index in [9.17, 15) is 18.0 Å². The van der Waals surface area contributed by atoms with Crippen LogP contribution < -0.4 is 16.0 Å². The lowest BCUT2D eigenvalue weighted by molar-refractivity contribution is 0.0967. The smallest absolute Gasteiger partial charge is 0.309 e. The Balaban J connectivity index is 1.40. The van der Waals surface area contributed by atoms with Gasteiger partial charge in [-0.05, 0) is 44.2 Å². The Morgan fingerprint density at radius 2 is 1.89 bits per heavy atom. The van der Waals surface area contributed by atoms with Gasteiger partial charge in [0, 0.05) is 31.7 Å². The number of aromatic nitrogens is 1. The standard InChI is InChI=1S/C23H26ClN5O4S2/c1-14-12-29(13-15(2)25-14)9-10-35(32,33)16-7-8-19-20(11-16)34-23(26-19)28-22(31)27-21(30)17-5-3-4-6-18(17)24/h3-8,11,14-15,25H,9-10,12-13H2,1-2H3,(H2,26,27,28,30,31). The SMILES string of the molecule is CC1CN(CCS(=O)(=O)c2ccc3nc(NC(=O)NC(=O)c4ccccc4Cl)sc3c2)CC(C)N1. The maximum Gasteiger partial charge on any atom is 0.327 e. The van der Waals surface area contributed by atoms with E-state index in [0.29, 0.717) is 28.8 Å². The minimum atomic E-state index is -3.49. The molecule has 1 aliphatic heterocycles. The summed E-state index contributed by atoms with van der Waals surface area (Å²) in [7, 11) is -3.49. The number of sulfone groups is 1. The van der Waals surface area contributed by atoms with E-state index in [1.165, 1.54) is 12.1 Å². The summed E-state index contributed by atoms with van der Waals surface area (Å²) >= 11 is 7.11. The number of piperazine rings is 1. The fourth-order valence-corrected chi connectivity index (χ4v) is 6.59. The molecule has 0 aliphatic carbocycles. The number of rotatable bonds is 6. The molecule has 1 aromatic heterocycles. The number of thiazole rings is 1. The van der Waals surface area contributed by atoms with Gasteiger partial charge in [0.25, 0.3) is 5.91 Å². The number of halogens is 1. The topological polar surface area (TPSA) is 120 Å². The van der Waals surface area contributed by atoms with Gasteiger partial charge >= 0.3 is 6.03 Å². The molecule has 1 fully saturated rings. The molecular weight excluding hydrogens is 510 g/mol. The van der Waals surface area contributed by atoms with Crippen LogP contribution in [-0.2, 0) is 9.84 Å². The van der Waals surface area contributed by atoms with Crippen molar-refractivity contribution in [1.29, 1.82) is 0 Å². The zero-order valence-electron chi connectivity index (χ0n) is 19.2. The number of anilines is 1.